The summed E-state index contributed by atoms with van der Waals surface area (Å²) in [5.41, 5.74) is 0.644. The van der Waals surface area contributed by atoms with Crippen molar-refractivity contribution in [1.82, 2.24) is 4.98 Å². The molecular formula is C14H17NO. The molecule has 2 bridgehead atoms. The maximum atomic E-state index is 12.0. The Bertz CT molecular complexity index is 387. The summed E-state index contributed by atoms with van der Waals surface area (Å²) in [4.78, 5) is 16.1. The number of hydrogen-bond donors (Lipinski definition) is 0. The normalized spacial score (nSPS) is 31.9. The first kappa shape index (κ1) is 10.0. The molecule has 1 aromatic rings. The summed E-state index contributed by atoms with van der Waals surface area (Å²) in [6, 6.07) is 5.57. The molecule has 1 aromatic heterocycles. The number of nitrogens with zero attached hydrogens (tertiary/aromatic N) is 1. The Labute approximate surface area is 96.1 Å². The van der Waals surface area contributed by atoms with Gasteiger partial charge in [-0.25, -0.2) is 0 Å². The average Bonchev–Trinajstić information content (AvgIpc) is 2.92. The zero-order valence-electron chi connectivity index (χ0n) is 9.43. The minimum Gasteiger partial charge on any atom is -0.292 e. The summed E-state index contributed by atoms with van der Waals surface area (Å²) in [5, 5.41) is 0. The van der Waals surface area contributed by atoms with Gasteiger partial charge in [0.15, 0.2) is 5.78 Å². The van der Waals surface area contributed by atoms with Crippen molar-refractivity contribution >= 4 is 5.78 Å². The van der Waals surface area contributed by atoms with E-state index in [1.165, 1.54) is 25.7 Å². The van der Waals surface area contributed by atoms with E-state index < -0.39 is 0 Å². The van der Waals surface area contributed by atoms with Crippen LogP contribution in [-0.2, 0) is 0 Å². The van der Waals surface area contributed by atoms with Gasteiger partial charge in [-0.05, 0) is 49.1 Å². The number of carbonyl (C=O) groups excluding carboxylic acids is 1. The van der Waals surface area contributed by atoms with Gasteiger partial charge in [0.2, 0.25) is 0 Å². The Kier molecular flexibility index (Phi) is 2.50. The lowest BCUT2D eigenvalue weighted by atomic mass is 9.85. The number of Topliss-reactive ketones (excluding diaryl/α,β-unsaturated/α-hetero) is 1. The molecule has 2 aliphatic rings. The van der Waals surface area contributed by atoms with Crippen LogP contribution in [0.25, 0.3) is 0 Å². The third kappa shape index (κ3) is 1.77. The van der Waals surface area contributed by atoms with Gasteiger partial charge in [-0.3, -0.25) is 9.78 Å². The number of fused-ring (bicyclic) bond motifs is 2. The molecular weight excluding hydrogens is 198 g/mol. The summed E-state index contributed by atoms with van der Waals surface area (Å²) in [7, 11) is 0. The van der Waals surface area contributed by atoms with Gasteiger partial charge >= 0.3 is 0 Å². The molecule has 84 valence electrons. The van der Waals surface area contributed by atoms with E-state index in [0.29, 0.717) is 11.6 Å². The van der Waals surface area contributed by atoms with Gasteiger partial charge in [0.05, 0.1) is 0 Å². The fourth-order valence-corrected chi connectivity index (χ4v) is 3.50. The van der Waals surface area contributed by atoms with Gasteiger partial charge in [0, 0.05) is 12.6 Å². The summed E-state index contributed by atoms with van der Waals surface area (Å²) < 4.78 is 0. The molecule has 3 unspecified atom stereocenters. The number of carbonyl (C=O) groups is 1. The maximum absolute atomic E-state index is 12.0. The van der Waals surface area contributed by atoms with Crippen molar-refractivity contribution in [2.24, 2.45) is 17.8 Å². The minimum absolute atomic E-state index is 0.234. The first-order valence-corrected chi connectivity index (χ1v) is 6.27. The van der Waals surface area contributed by atoms with Crippen molar-refractivity contribution in [3.8, 4) is 0 Å². The lowest BCUT2D eigenvalue weighted by molar-refractivity contribution is 0.0939. The zero-order chi connectivity index (χ0) is 11.0. The highest BCUT2D eigenvalue weighted by Crippen LogP contribution is 2.49. The van der Waals surface area contributed by atoms with E-state index in [1.807, 2.05) is 18.2 Å². The summed E-state index contributed by atoms with van der Waals surface area (Å²) in [5.74, 6) is 2.63. The fourth-order valence-electron chi connectivity index (χ4n) is 3.50. The number of pyridine rings is 1. The Morgan fingerprint density at radius 2 is 2.25 bits per heavy atom. The van der Waals surface area contributed by atoms with Crippen LogP contribution in [0.2, 0.25) is 0 Å². The minimum atomic E-state index is 0.234. The number of aromatic nitrogens is 1. The largest absolute Gasteiger partial charge is 0.292 e. The second kappa shape index (κ2) is 4.00. The molecule has 0 spiro atoms. The van der Waals surface area contributed by atoms with E-state index in [9.17, 15) is 4.79 Å². The van der Waals surface area contributed by atoms with Crippen molar-refractivity contribution in [3.63, 3.8) is 0 Å². The summed E-state index contributed by atoms with van der Waals surface area (Å²) in [6.07, 6.45) is 7.83. The molecule has 1 heterocycles. The van der Waals surface area contributed by atoms with E-state index in [0.717, 1.165) is 18.3 Å². The summed E-state index contributed by atoms with van der Waals surface area (Å²) in [6.45, 7) is 0. The highest BCUT2D eigenvalue weighted by molar-refractivity contribution is 5.94. The van der Waals surface area contributed by atoms with E-state index in [2.05, 4.69) is 4.98 Å². The van der Waals surface area contributed by atoms with Gasteiger partial charge in [-0.2, -0.15) is 0 Å². The summed E-state index contributed by atoms with van der Waals surface area (Å²) >= 11 is 0. The van der Waals surface area contributed by atoms with Crippen LogP contribution in [0.5, 0.6) is 0 Å². The van der Waals surface area contributed by atoms with Gasteiger partial charge < -0.3 is 0 Å². The second-order valence-corrected chi connectivity index (χ2v) is 5.28. The highest BCUT2D eigenvalue weighted by atomic mass is 16.1. The van der Waals surface area contributed by atoms with Gasteiger partial charge in [0.1, 0.15) is 5.69 Å². The first-order chi connectivity index (χ1) is 7.83. The van der Waals surface area contributed by atoms with Gasteiger partial charge in [-0.15, -0.1) is 0 Å². The molecule has 16 heavy (non-hydrogen) atoms. The molecule has 2 heteroatoms. The van der Waals surface area contributed by atoms with E-state index in [-0.39, 0.29) is 5.78 Å². The van der Waals surface area contributed by atoms with Gasteiger partial charge in [-0.1, -0.05) is 12.5 Å². The van der Waals surface area contributed by atoms with Crippen molar-refractivity contribution in [2.75, 3.05) is 0 Å². The predicted octanol–water partition coefficient (Wildman–Crippen LogP) is 3.09. The molecule has 3 rings (SSSR count). The van der Waals surface area contributed by atoms with Crippen LogP contribution in [0, 0.1) is 17.8 Å². The lowest BCUT2D eigenvalue weighted by Crippen LogP contribution is -2.15. The highest BCUT2D eigenvalue weighted by Gasteiger charge is 2.40. The fraction of sp³-hybridized carbons (Fsp3) is 0.571. The van der Waals surface area contributed by atoms with Crippen molar-refractivity contribution in [3.05, 3.63) is 30.1 Å². The smallest absolute Gasteiger partial charge is 0.181 e. The molecule has 0 aliphatic heterocycles. The number of ketones is 1. The Hall–Kier alpha value is -1.18. The van der Waals surface area contributed by atoms with Crippen LogP contribution in [0.3, 0.4) is 0 Å². The van der Waals surface area contributed by atoms with Crippen LogP contribution in [0.15, 0.2) is 24.4 Å². The third-order valence-corrected chi connectivity index (χ3v) is 4.28. The number of hydrogen-bond acceptors (Lipinski definition) is 2. The van der Waals surface area contributed by atoms with E-state index in [1.54, 1.807) is 6.20 Å². The lowest BCUT2D eigenvalue weighted by Gasteiger charge is -2.20. The predicted molar refractivity (Wildman–Crippen MR) is 62.1 cm³/mol. The molecule has 2 fully saturated rings. The van der Waals surface area contributed by atoms with E-state index >= 15 is 0 Å². The van der Waals surface area contributed by atoms with Crippen LogP contribution in [-0.4, -0.2) is 10.8 Å². The van der Waals surface area contributed by atoms with Crippen LogP contribution >= 0.6 is 0 Å². The quantitative estimate of drug-likeness (QED) is 0.725. The Morgan fingerprint density at radius 1 is 1.31 bits per heavy atom. The average molecular weight is 215 g/mol. The first-order valence-electron chi connectivity index (χ1n) is 6.27. The monoisotopic (exact) mass is 215 g/mol. The Morgan fingerprint density at radius 3 is 2.88 bits per heavy atom. The van der Waals surface area contributed by atoms with Crippen LogP contribution < -0.4 is 0 Å². The number of rotatable bonds is 3. The topological polar surface area (TPSA) is 30.0 Å². The maximum Gasteiger partial charge on any atom is 0.181 e. The SMILES string of the molecule is O=C(CC1CC2CCC1C2)c1ccccn1. The zero-order valence-corrected chi connectivity index (χ0v) is 9.43. The molecule has 0 saturated heterocycles. The molecule has 2 aliphatic carbocycles. The molecule has 0 aromatic carbocycles. The van der Waals surface area contributed by atoms with E-state index in [4.69, 9.17) is 0 Å². The molecule has 2 nitrogen and oxygen atoms in total. The van der Waals surface area contributed by atoms with Crippen LogP contribution in [0.4, 0.5) is 0 Å². The Balaban J connectivity index is 1.65. The van der Waals surface area contributed by atoms with Crippen molar-refractivity contribution < 1.29 is 4.79 Å². The molecule has 0 amide bonds. The molecule has 0 N–H and O–H groups in total. The van der Waals surface area contributed by atoms with Crippen molar-refractivity contribution in [1.29, 1.82) is 0 Å². The standard InChI is InChI=1S/C14H17NO/c16-14(13-3-1-2-6-15-13)9-12-8-10-4-5-11(12)7-10/h1-3,6,10-12H,4-5,7-9H2. The van der Waals surface area contributed by atoms with Crippen LogP contribution in [0.1, 0.15) is 42.6 Å². The molecule has 2 saturated carbocycles. The van der Waals surface area contributed by atoms with Crippen molar-refractivity contribution in [2.45, 2.75) is 32.1 Å². The molecule has 3 atom stereocenters. The van der Waals surface area contributed by atoms with Gasteiger partial charge in [0.25, 0.3) is 0 Å². The third-order valence-electron chi connectivity index (χ3n) is 4.28. The second-order valence-electron chi connectivity index (χ2n) is 5.28. The molecule has 0 radical (unpaired) electrons.